The Morgan fingerprint density at radius 1 is 1.09 bits per heavy atom. The number of aryl methyl sites for hydroxylation is 1. The second kappa shape index (κ2) is 5.57. The zero-order chi connectivity index (χ0) is 16.0. The second-order valence-electron chi connectivity index (χ2n) is 6.74. The maximum Gasteiger partial charge on any atom is 0.160 e. The Bertz CT molecular complexity index is 740. The molecule has 1 aliphatic heterocycles. The van der Waals surface area contributed by atoms with Crippen LogP contribution < -0.4 is 4.74 Å². The molecule has 0 radical (unpaired) electrons. The molecule has 1 heterocycles. The molecule has 0 aromatic heterocycles. The third-order valence-electron chi connectivity index (χ3n) is 5.56. The van der Waals surface area contributed by atoms with Gasteiger partial charge in [0.15, 0.2) is 11.5 Å². The van der Waals surface area contributed by atoms with Gasteiger partial charge in [0, 0.05) is 18.5 Å². The van der Waals surface area contributed by atoms with Crippen molar-refractivity contribution in [1.82, 2.24) is 4.90 Å². The summed E-state index contributed by atoms with van der Waals surface area (Å²) in [5.41, 5.74) is 5.47. The maximum atomic E-state index is 10.1. The predicted molar refractivity (Wildman–Crippen MR) is 91.4 cm³/mol. The lowest BCUT2D eigenvalue weighted by Crippen LogP contribution is -2.39. The highest BCUT2D eigenvalue weighted by Gasteiger charge is 2.36. The minimum Gasteiger partial charge on any atom is -0.504 e. The Morgan fingerprint density at radius 2 is 1.91 bits per heavy atom. The van der Waals surface area contributed by atoms with Gasteiger partial charge in [0.2, 0.25) is 0 Å². The molecule has 3 heteroatoms. The number of aromatic hydroxyl groups is 1. The third-order valence-corrected chi connectivity index (χ3v) is 5.56. The normalized spacial score (nSPS) is 23.4. The van der Waals surface area contributed by atoms with E-state index in [0.29, 0.717) is 17.7 Å². The molecule has 120 valence electrons. The van der Waals surface area contributed by atoms with E-state index < -0.39 is 0 Å². The van der Waals surface area contributed by atoms with Crippen LogP contribution in [0.5, 0.6) is 11.5 Å². The van der Waals surface area contributed by atoms with Crippen LogP contribution in [-0.4, -0.2) is 36.8 Å². The highest BCUT2D eigenvalue weighted by atomic mass is 16.5. The molecular formula is C20H23NO2. The number of likely N-dealkylation sites (N-methyl/N-ethyl adjacent to an activating group) is 1. The summed E-state index contributed by atoms with van der Waals surface area (Å²) in [5.74, 6) is 1.19. The molecule has 2 aromatic rings. The van der Waals surface area contributed by atoms with Crippen LogP contribution in [0.4, 0.5) is 0 Å². The van der Waals surface area contributed by atoms with Gasteiger partial charge in [0.1, 0.15) is 0 Å². The quantitative estimate of drug-likeness (QED) is 0.877. The average Bonchev–Trinajstić information content (AvgIpc) is 2.72. The maximum absolute atomic E-state index is 10.1. The van der Waals surface area contributed by atoms with Crippen molar-refractivity contribution >= 4 is 0 Å². The topological polar surface area (TPSA) is 32.7 Å². The summed E-state index contributed by atoms with van der Waals surface area (Å²) in [7, 11) is 3.86. The van der Waals surface area contributed by atoms with Crippen LogP contribution in [0.3, 0.4) is 0 Å². The number of phenolic OH excluding ortho intramolecular Hbond substituents is 1. The lowest BCUT2D eigenvalue weighted by atomic mass is 9.74. The fourth-order valence-corrected chi connectivity index (χ4v) is 4.35. The molecule has 23 heavy (non-hydrogen) atoms. The molecule has 2 unspecified atom stereocenters. The molecule has 1 N–H and O–H groups in total. The van der Waals surface area contributed by atoms with Gasteiger partial charge in [0.05, 0.1) is 7.11 Å². The lowest BCUT2D eigenvalue weighted by molar-refractivity contribution is 0.213. The zero-order valence-electron chi connectivity index (χ0n) is 13.7. The van der Waals surface area contributed by atoms with Gasteiger partial charge in [-0.2, -0.15) is 0 Å². The van der Waals surface area contributed by atoms with Gasteiger partial charge < -0.3 is 14.7 Å². The molecule has 0 bridgehead atoms. The smallest absolute Gasteiger partial charge is 0.160 e. The van der Waals surface area contributed by atoms with Crippen LogP contribution in [-0.2, 0) is 12.8 Å². The minimum absolute atomic E-state index is 0.250. The Morgan fingerprint density at radius 3 is 2.74 bits per heavy atom. The highest BCUT2D eigenvalue weighted by molar-refractivity contribution is 5.53. The average molecular weight is 309 g/mol. The van der Waals surface area contributed by atoms with Gasteiger partial charge >= 0.3 is 0 Å². The first-order chi connectivity index (χ1) is 11.2. The van der Waals surface area contributed by atoms with Gasteiger partial charge in [-0.15, -0.1) is 0 Å². The van der Waals surface area contributed by atoms with Crippen molar-refractivity contribution < 1.29 is 9.84 Å². The van der Waals surface area contributed by atoms with Crippen LogP contribution in [0.2, 0.25) is 0 Å². The van der Waals surface area contributed by atoms with Crippen LogP contribution in [0, 0.1) is 0 Å². The number of rotatable bonds is 1. The molecule has 3 nitrogen and oxygen atoms in total. The summed E-state index contributed by atoms with van der Waals surface area (Å²) < 4.78 is 5.37. The number of phenols is 1. The minimum atomic E-state index is 0.250. The molecule has 0 fully saturated rings. The van der Waals surface area contributed by atoms with Crippen LogP contribution in [0.1, 0.15) is 34.6 Å². The third kappa shape index (κ3) is 2.31. The second-order valence-corrected chi connectivity index (χ2v) is 6.74. The molecule has 1 aliphatic carbocycles. The van der Waals surface area contributed by atoms with Crippen molar-refractivity contribution in [2.75, 3.05) is 20.7 Å². The van der Waals surface area contributed by atoms with E-state index in [2.05, 4.69) is 42.3 Å². The van der Waals surface area contributed by atoms with Crippen molar-refractivity contribution in [2.24, 2.45) is 0 Å². The van der Waals surface area contributed by atoms with Crippen molar-refractivity contribution in [2.45, 2.75) is 31.2 Å². The number of hydrogen-bond acceptors (Lipinski definition) is 3. The molecule has 4 rings (SSSR count). The molecule has 2 aromatic carbocycles. The molecule has 0 spiro atoms. The van der Waals surface area contributed by atoms with Crippen LogP contribution >= 0.6 is 0 Å². The van der Waals surface area contributed by atoms with Gasteiger partial charge in [-0.25, -0.2) is 0 Å². The fourth-order valence-electron chi connectivity index (χ4n) is 4.35. The molecule has 2 aliphatic rings. The Kier molecular flexibility index (Phi) is 3.53. The first kappa shape index (κ1) is 14.6. The summed E-state index contributed by atoms with van der Waals surface area (Å²) in [4.78, 5) is 2.51. The zero-order valence-corrected chi connectivity index (χ0v) is 13.7. The summed E-state index contributed by atoms with van der Waals surface area (Å²) in [6, 6.07) is 13.3. The Balaban J connectivity index is 1.93. The fraction of sp³-hybridized carbons (Fsp3) is 0.400. The lowest BCUT2D eigenvalue weighted by Gasteiger charge is -2.38. The predicted octanol–water partition coefficient (Wildman–Crippen LogP) is 3.34. The number of nitrogens with zero attached hydrogens (tertiary/aromatic N) is 1. The first-order valence-corrected chi connectivity index (χ1v) is 8.37. The van der Waals surface area contributed by atoms with Crippen LogP contribution in [0.15, 0.2) is 36.4 Å². The summed E-state index contributed by atoms with van der Waals surface area (Å²) in [6.45, 7) is 1.10. The molecular weight excluding hydrogens is 286 g/mol. The number of hydrogen-bond donors (Lipinski definition) is 1. The number of benzene rings is 2. The van der Waals surface area contributed by atoms with E-state index in [4.69, 9.17) is 4.74 Å². The van der Waals surface area contributed by atoms with Gasteiger partial charge in [-0.05, 0) is 60.7 Å². The van der Waals surface area contributed by atoms with E-state index in [0.717, 1.165) is 25.8 Å². The van der Waals surface area contributed by atoms with E-state index >= 15 is 0 Å². The van der Waals surface area contributed by atoms with Crippen molar-refractivity contribution in [1.29, 1.82) is 0 Å². The van der Waals surface area contributed by atoms with Crippen molar-refractivity contribution in [3.63, 3.8) is 0 Å². The number of ether oxygens (including phenoxy) is 1. The number of fused-ring (bicyclic) bond motifs is 5. The Hall–Kier alpha value is -2.00. The van der Waals surface area contributed by atoms with E-state index in [9.17, 15) is 5.11 Å². The van der Waals surface area contributed by atoms with E-state index in [-0.39, 0.29) is 5.75 Å². The van der Waals surface area contributed by atoms with Gasteiger partial charge in [-0.3, -0.25) is 0 Å². The summed E-state index contributed by atoms with van der Waals surface area (Å²) >= 11 is 0. The Labute approximate surface area is 137 Å². The summed E-state index contributed by atoms with van der Waals surface area (Å²) in [6.07, 6.45) is 3.25. The SMILES string of the molecule is COc1cc2c(cc1O)CCC1C2c2ccccc2CCN1C. The summed E-state index contributed by atoms with van der Waals surface area (Å²) in [5, 5.41) is 10.1. The van der Waals surface area contributed by atoms with Crippen molar-refractivity contribution in [3.05, 3.63) is 58.7 Å². The van der Waals surface area contributed by atoms with E-state index in [1.165, 1.54) is 22.3 Å². The van der Waals surface area contributed by atoms with Crippen LogP contribution in [0.25, 0.3) is 0 Å². The molecule has 0 saturated carbocycles. The first-order valence-electron chi connectivity index (χ1n) is 8.37. The monoisotopic (exact) mass is 309 g/mol. The van der Waals surface area contributed by atoms with Gasteiger partial charge in [-0.1, -0.05) is 24.3 Å². The number of methoxy groups -OCH3 is 1. The molecule has 2 atom stereocenters. The molecule has 0 saturated heterocycles. The van der Waals surface area contributed by atoms with Gasteiger partial charge in [0.25, 0.3) is 0 Å². The van der Waals surface area contributed by atoms with Crippen molar-refractivity contribution in [3.8, 4) is 11.5 Å². The standard InChI is InChI=1S/C20H23NO2/c1-21-10-9-13-5-3-4-6-15(13)20-16-12-19(23-2)18(22)11-14(16)7-8-17(20)21/h3-6,11-12,17,20,22H,7-10H2,1-2H3. The van der Waals surface area contributed by atoms with E-state index in [1.54, 1.807) is 7.11 Å². The largest absolute Gasteiger partial charge is 0.504 e. The molecule has 0 amide bonds. The van der Waals surface area contributed by atoms with E-state index in [1.807, 2.05) is 6.07 Å². The highest BCUT2D eigenvalue weighted by Crippen LogP contribution is 2.45.